The molecule has 7 aromatic carbocycles. The lowest BCUT2D eigenvalue weighted by molar-refractivity contribution is 0.483. The van der Waals surface area contributed by atoms with Crippen LogP contribution in [0.25, 0.3) is 43.9 Å². The Hall–Kier alpha value is -6.06. The van der Waals surface area contributed by atoms with Gasteiger partial charge in [-0.15, -0.1) is 0 Å². The molecule has 3 aliphatic carbocycles. The zero-order valence-corrected chi connectivity index (χ0v) is 36.7. The third-order valence-electron chi connectivity index (χ3n) is 12.3. The van der Waals surface area contributed by atoms with Crippen LogP contribution in [0.3, 0.4) is 0 Å². The van der Waals surface area contributed by atoms with Crippen molar-refractivity contribution in [2.75, 3.05) is 0 Å². The topological polar surface area (TPSA) is 71.0 Å². The summed E-state index contributed by atoms with van der Waals surface area (Å²) in [7, 11) is -3.82. The summed E-state index contributed by atoms with van der Waals surface area (Å²) in [4.78, 5) is 0. The second kappa shape index (κ2) is 13.7. The van der Waals surface area contributed by atoms with E-state index in [0.717, 1.165) is 88.8 Å². The highest BCUT2D eigenvalue weighted by atomic mass is 31.1. The van der Waals surface area contributed by atoms with Crippen molar-refractivity contribution in [1.29, 1.82) is 0 Å². The summed E-state index contributed by atoms with van der Waals surface area (Å²) in [6.45, 7) is 16.9. The zero-order valence-electron chi connectivity index (χ0n) is 34.9. The second-order valence-electron chi connectivity index (χ2n) is 16.8. The van der Waals surface area contributed by atoms with Crippen LogP contribution in [0.1, 0.15) is 89.7 Å². The Morgan fingerprint density at radius 1 is 0.367 bits per heavy atom. The summed E-state index contributed by atoms with van der Waals surface area (Å²) < 4.78 is 41.4. The van der Waals surface area contributed by atoms with Crippen LogP contribution in [-0.2, 0) is 0 Å². The maximum atomic E-state index is 7.06. The molecule has 2 bridgehead atoms. The van der Waals surface area contributed by atoms with Gasteiger partial charge in [-0.05, 0) is 159 Å². The summed E-state index contributed by atoms with van der Waals surface area (Å²) in [5, 5.41) is 4.08. The molecule has 0 aliphatic heterocycles. The molecule has 8 heteroatoms. The number of rotatable bonds is 4. The first-order chi connectivity index (χ1) is 29.0. The van der Waals surface area contributed by atoms with E-state index in [4.69, 9.17) is 25.8 Å². The SMILES string of the molecule is Cc1cc(C)c2op(Oc3cccc4c3C3c5ccccc5C4c4cccc(Op5oc6c(C)cc(C)cc6c6cc(C)cc(C)c6o5)c43)oc3c(C)cc(C)cc3c2c1. The fourth-order valence-corrected chi connectivity index (χ4v) is 12.5. The molecule has 0 spiro atoms. The smallest absolute Gasteiger partial charge is 0.390 e. The lowest BCUT2D eigenvalue weighted by Gasteiger charge is -2.42. The zero-order chi connectivity index (χ0) is 41.1. The predicted molar refractivity (Wildman–Crippen MR) is 244 cm³/mol. The average Bonchev–Trinajstić information content (AvgIpc) is 3.46. The quantitative estimate of drug-likeness (QED) is 0.176. The molecule has 3 aliphatic rings. The van der Waals surface area contributed by atoms with Crippen molar-refractivity contribution in [2.24, 2.45) is 0 Å². The predicted octanol–water partition coefficient (Wildman–Crippen LogP) is 16.0. The first-order valence-corrected chi connectivity index (χ1v) is 22.7. The van der Waals surface area contributed by atoms with Gasteiger partial charge in [0, 0.05) is 44.5 Å². The van der Waals surface area contributed by atoms with Crippen molar-refractivity contribution in [3.05, 3.63) is 187 Å². The van der Waals surface area contributed by atoms with E-state index in [0.29, 0.717) is 0 Å². The molecule has 0 saturated heterocycles. The van der Waals surface area contributed by atoms with Gasteiger partial charge in [0.05, 0.1) is 0 Å². The van der Waals surface area contributed by atoms with Crippen molar-refractivity contribution >= 4 is 60.4 Å². The van der Waals surface area contributed by atoms with E-state index in [2.05, 4.69) is 165 Å². The Balaban J connectivity index is 1.11. The van der Waals surface area contributed by atoms with Gasteiger partial charge in [0.1, 0.15) is 33.8 Å². The number of hydrogen-bond acceptors (Lipinski definition) is 6. The van der Waals surface area contributed by atoms with Crippen LogP contribution < -0.4 is 9.05 Å². The molecule has 0 N–H and O–H groups in total. The number of aryl methyl sites for hydroxylation is 8. The highest BCUT2D eigenvalue weighted by molar-refractivity contribution is 7.32. The molecule has 12 rings (SSSR count). The maximum absolute atomic E-state index is 7.06. The van der Waals surface area contributed by atoms with Gasteiger partial charge in [0.25, 0.3) is 0 Å². The monoisotopic (exact) mass is 826 g/mol. The minimum absolute atomic E-state index is 0.0374. The molecule has 0 amide bonds. The van der Waals surface area contributed by atoms with Crippen LogP contribution in [0.5, 0.6) is 11.5 Å². The van der Waals surface area contributed by atoms with Gasteiger partial charge in [-0.1, -0.05) is 72.8 Å². The van der Waals surface area contributed by atoms with Crippen molar-refractivity contribution in [3.8, 4) is 11.5 Å². The molecule has 6 nitrogen and oxygen atoms in total. The van der Waals surface area contributed by atoms with Gasteiger partial charge < -0.3 is 25.8 Å². The lowest BCUT2D eigenvalue weighted by atomic mass is 9.61. The van der Waals surface area contributed by atoms with Crippen LogP contribution in [0.15, 0.2) is 126 Å². The Bertz CT molecular complexity index is 3050. The van der Waals surface area contributed by atoms with Crippen LogP contribution in [-0.4, -0.2) is 0 Å². The number of benzene rings is 7. The van der Waals surface area contributed by atoms with Crippen molar-refractivity contribution in [3.63, 3.8) is 0 Å². The van der Waals surface area contributed by atoms with E-state index in [1.165, 1.54) is 44.5 Å². The Kier molecular flexibility index (Phi) is 8.47. The molecule has 60 heavy (non-hydrogen) atoms. The molecule has 0 atom stereocenters. The maximum Gasteiger partial charge on any atom is 0.453 e. The molecular weight excluding hydrogens is 783 g/mol. The van der Waals surface area contributed by atoms with Crippen LogP contribution in [0, 0.1) is 55.4 Å². The molecular formula is C52H44O6P2. The molecule has 298 valence electrons. The second-order valence-corrected chi connectivity index (χ2v) is 18.8. The highest BCUT2D eigenvalue weighted by Crippen LogP contribution is 2.61. The molecule has 0 radical (unpaired) electrons. The van der Waals surface area contributed by atoms with E-state index >= 15 is 0 Å². The Labute approximate surface area is 350 Å². The Morgan fingerprint density at radius 2 is 0.683 bits per heavy atom. The third-order valence-corrected chi connectivity index (χ3v) is 14.3. The molecule has 2 heterocycles. The molecule has 0 unspecified atom stereocenters. The van der Waals surface area contributed by atoms with Crippen molar-refractivity contribution in [1.82, 2.24) is 0 Å². The first kappa shape index (κ1) is 37.0. The molecule has 2 aromatic heterocycles. The van der Waals surface area contributed by atoms with E-state index in [1.807, 2.05) is 0 Å². The fourth-order valence-electron chi connectivity index (χ4n) is 10.1. The van der Waals surface area contributed by atoms with Gasteiger partial charge in [0.2, 0.25) is 0 Å². The molecule has 0 fully saturated rings. The summed E-state index contributed by atoms with van der Waals surface area (Å²) in [6.07, 6.45) is 0. The summed E-state index contributed by atoms with van der Waals surface area (Å²) in [5.74, 6) is 1.23. The van der Waals surface area contributed by atoms with Gasteiger partial charge in [-0.2, -0.15) is 0 Å². The number of fused-ring (bicyclic) bond motifs is 6. The fraction of sp³-hybridized carbons (Fsp3) is 0.192. The van der Waals surface area contributed by atoms with E-state index in [1.54, 1.807) is 0 Å². The third kappa shape index (κ3) is 5.76. The van der Waals surface area contributed by atoms with Gasteiger partial charge in [-0.3, -0.25) is 0 Å². The van der Waals surface area contributed by atoms with Crippen molar-refractivity contribution < 1.29 is 25.8 Å². The standard InChI is InChI=1S/C52H44O6P2/c1-27-19-31(5)49-39(23-27)40-24-28(2)20-32(6)50(40)56-59(55-49)53-43-17-11-15-37-45-35-13-9-10-14-36(35)48(46(37)43)47-38(45)16-12-18-44(47)54-60-57-51-33(7)21-29(3)25-41(51)42-26-30(4)22-34(8)52(42)58-60/h9-26,45,48H,1-8H3. The van der Waals surface area contributed by atoms with Gasteiger partial charge >= 0.3 is 16.5 Å². The Morgan fingerprint density at radius 3 is 1.03 bits per heavy atom. The average molecular weight is 827 g/mol. The summed E-state index contributed by atoms with van der Waals surface area (Å²) >= 11 is 0. The largest absolute Gasteiger partial charge is 0.453 e. The minimum Gasteiger partial charge on any atom is -0.390 e. The normalized spacial score (nSPS) is 15.0. The molecule has 9 aromatic rings. The lowest BCUT2D eigenvalue weighted by Crippen LogP contribution is -2.28. The summed E-state index contributed by atoms with van der Waals surface area (Å²) in [5.41, 5.74) is 19.1. The summed E-state index contributed by atoms with van der Waals surface area (Å²) in [6, 6.07) is 38.9. The van der Waals surface area contributed by atoms with E-state index in [-0.39, 0.29) is 11.8 Å². The van der Waals surface area contributed by atoms with Crippen LogP contribution in [0.2, 0.25) is 0 Å². The first-order valence-electron chi connectivity index (χ1n) is 20.5. The number of hydrogen-bond donors (Lipinski definition) is 0. The van der Waals surface area contributed by atoms with Crippen LogP contribution >= 0.6 is 16.5 Å². The van der Waals surface area contributed by atoms with Gasteiger partial charge in [0.15, 0.2) is 0 Å². The minimum atomic E-state index is -1.91. The highest BCUT2D eigenvalue weighted by Gasteiger charge is 2.45. The van der Waals surface area contributed by atoms with Crippen LogP contribution in [0.4, 0.5) is 0 Å². The van der Waals surface area contributed by atoms with Crippen molar-refractivity contribution in [2.45, 2.75) is 67.2 Å². The van der Waals surface area contributed by atoms with E-state index < -0.39 is 16.5 Å². The van der Waals surface area contributed by atoms with Gasteiger partial charge in [-0.25, -0.2) is 0 Å². The van der Waals surface area contributed by atoms with E-state index in [9.17, 15) is 0 Å². The molecule has 0 saturated carbocycles.